The molecule has 0 aliphatic rings. The van der Waals surface area contributed by atoms with E-state index in [1.165, 1.54) is 0 Å². The normalized spacial score (nSPS) is 11.9. The van der Waals surface area contributed by atoms with Crippen LogP contribution >= 0.6 is 0 Å². The first-order valence-corrected chi connectivity index (χ1v) is 3.38. The molecule has 0 atom stereocenters. The van der Waals surface area contributed by atoms with Gasteiger partial charge in [0.1, 0.15) is 0 Å². The third kappa shape index (κ3) is 5.04. The van der Waals surface area contributed by atoms with Crippen LogP contribution in [-0.2, 0) is 0 Å². The predicted octanol–water partition coefficient (Wildman–Crippen LogP) is 1.94. The summed E-state index contributed by atoms with van der Waals surface area (Å²) in [5.41, 5.74) is 0.694. The highest BCUT2D eigenvalue weighted by molar-refractivity contribution is 5.73. The summed E-state index contributed by atoms with van der Waals surface area (Å²) in [5, 5.41) is 8.31. The third-order valence-corrected chi connectivity index (χ3v) is 0.959. The number of aliphatic imine (C=N–C) groups is 1. The predicted molar refractivity (Wildman–Crippen MR) is 43.0 cm³/mol. The highest BCUT2D eigenvalue weighted by Crippen LogP contribution is 1.85. The molecule has 0 unspecified atom stereocenters. The van der Waals surface area contributed by atoms with Crippen LogP contribution in [-0.4, -0.2) is 12.8 Å². The average molecular weight is 136 g/mol. The zero-order valence-corrected chi connectivity index (χ0v) is 6.46. The van der Waals surface area contributed by atoms with Crippen molar-refractivity contribution in [1.82, 2.24) is 0 Å². The molecule has 0 aliphatic heterocycles. The fourth-order valence-electron chi connectivity index (χ4n) is 0.405. The Labute approximate surface area is 61.9 Å². The van der Waals surface area contributed by atoms with Gasteiger partial charge in [0.05, 0.1) is 6.07 Å². The van der Waals surface area contributed by atoms with Crippen LogP contribution in [0.3, 0.4) is 0 Å². The van der Waals surface area contributed by atoms with Crippen molar-refractivity contribution < 1.29 is 0 Å². The molecule has 0 heterocycles. The molecule has 2 heteroatoms. The second kappa shape index (κ2) is 6.03. The molecule has 0 aromatic heterocycles. The first-order chi connectivity index (χ1) is 4.81. The van der Waals surface area contributed by atoms with Crippen molar-refractivity contribution in [3.05, 3.63) is 11.6 Å². The summed E-state index contributed by atoms with van der Waals surface area (Å²) in [7, 11) is 0. The Morgan fingerprint density at radius 1 is 1.70 bits per heavy atom. The molecular formula is C8H12N2. The van der Waals surface area contributed by atoms with Gasteiger partial charge in [0.2, 0.25) is 0 Å². The lowest BCUT2D eigenvalue weighted by Crippen LogP contribution is -1.76. The van der Waals surface area contributed by atoms with Crippen LogP contribution in [0.2, 0.25) is 0 Å². The molecule has 54 valence electrons. The van der Waals surface area contributed by atoms with Crippen molar-refractivity contribution in [1.29, 1.82) is 5.26 Å². The lowest BCUT2D eigenvalue weighted by atomic mass is 10.3. The van der Waals surface area contributed by atoms with Gasteiger partial charge in [-0.1, -0.05) is 6.92 Å². The summed E-state index contributed by atoms with van der Waals surface area (Å²) in [4.78, 5) is 4.03. The van der Waals surface area contributed by atoms with Gasteiger partial charge >= 0.3 is 0 Å². The molecule has 0 aliphatic carbocycles. The van der Waals surface area contributed by atoms with Crippen molar-refractivity contribution in [3.63, 3.8) is 0 Å². The zero-order valence-electron chi connectivity index (χ0n) is 6.46. The molecular weight excluding hydrogens is 124 g/mol. The number of nitriles is 1. The molecule has 0 rings (SSSR count). The van der Waals surface area contributed by atoms with E-state index in [1.54, 1.807) is 19.2 Å². The molecule has 0 spiro atoms. The highest BCUT2D eigenvalue weighted by Gasteiger charge is 1.77. The second-order valence-electron chi connectivity index (χ2n) is 2.02. The summed E-state index contributed by atoms with van der Waals surface area (Å²) in [6.45, 7) is 4.67. The monoisotopic (exact) mass is 136 g/mol. The van der Waals surface area contributed by atoms with E-state index in [0.29, 0.717) is 5.57 Å². The quantitative estimate of drug-likeness (QED) is 0.431. The minimum atomic E-state index is 0.694. The smallest absolute Gasteiger partial charge is 0.0944 e. The number of rotatable bonds is 3. The molecule has 10 heavy (non-hydrogen) atoms. The minimum Gasteiger partial charge on any atom is -0.293 e. The molecule has 0 fully saturated rings. The Hall–Kier alpha value is -1.10. The lowest BCUT2D eigenvalue weighted by Gasteiger charge is -1.82. The third-order valence-electron chi connectivity index (χ3n) is 0.959. The van der Waals surface area contributed by atoms with E-state index in [4.69, 9.17) is 5.26 Å². The largest absolute Gasteiger partial charge is 0.293 e. The maximum absolute atomic E-state index is 8.31. The highest BCUT2D eigenvalue weighted by atomic mass is 14.7. The number of nitrogens with zero attached hydrogens (tertiary/aromatic N) is 2. The molecule has 0 radical (unpaired) electrons. The van der Waals surface area contributed by atoms with E-state index in [2.05, 4.69) is 11.9 Å². The average Bonchev–Trinajstić information content (AvgIpc) is 1.98. The van der Waals surface area contributed by atoms with Gasteiger partial charge in [0, 0.05) is 18.3 Å². The Kier molecular flexibility index (Phi) is 5.36. The fraction of sp³-hybridized carbons (Fsp3) is 0.500. The van der Waals surface area contributed by atoms with Crippen LogP contribution in [0.25, 0.3) is 0 Å². The summed E-state index contributed by atoms with van der Waals surface area (Å²) in [6.07, 6.45) is 4.45. The van der Waals surface area contributed by atoms with Gasteiger partial charge in [-0.15, -0.1) is 0 Å². The van der Waals surface area contributed by atoms with Gasteiger partial charge in [-0.05, 0) is 19.4 Å². The summed E-state index contributed by atoms with van der Waals surface area (Å²) < 4.78 is 0. The SMILES string of the molecule is CCCN=C/C=C(\C)C#N. The lowest BCUT2D eigenvalue weighted by molar-refractivity contribution is 0.937. The van der Waals surface area contributed by atoms with Gasteiger partial charge in [-0.25, -0.2) is 0 Å². The Morgan fingerprint density at radius 2 is 2.40 bits per heavy atom. The van der Waals surface area contributed by atoms with E-state index < -0.39 is 0 Å². The standard InChI is InChI=1S/C8H12N2/c1-3-5-10-6-4-8(2)7-9/h4,6H,3,5H2,1-2H3/b8-4+,10-6?. The van der Waals surface area contributed by atoms with E-state index in [-0.39, 0.29) is 0 Å². The molecule has 0 amide bonds. The van der Waals surface area contributed by atoms with Crippen LogP contribution < -0.4 is 0 Å². The van der Waals surface area contributed by atoms with Gasteiger partial charge in [-0.3, -0.25) is 4.99 Å². The number of hydrogen-bond donors (Lipinski definition) is 0. The van der Waals surface area contributed by atoms with Gasteiger partial charge in [-0.2, -0.15) is 5.26 Å². The van der Waals surface area contributed by atoms with Crippen molar-refractivity contribution in [2.45, 2.75) is 20.3 Å². The van der Waals surface area contributed by atoms with Crippen LogP contribution in [0, 0.1) is 11.3 Å². The minimum absolute atomic E-state index is 0.694. The molecule has 0 aromatic rings. The van der Waals surface area contributed by atoms with Crippen molar-refractivity contribution in [3.8, 4) is 6.07 Å². The van der Waals surface area contributed by atoms with Crippen molar-refractivity contribution in [2.24, 2.45) is 4.99 Å². The van der Waals surface area contributed by atoms with E-state index >= 15 is 0 Å². The van der Waals surface area contributed by atoms with Crippen molar-refractivity contribution >= 4 is 6.21 Å². The number of hydrogen-bond acceptors (Lipinski definition) is 2. The first kappa shape index (κ1) is 8.90. The Bertz CT molecular complexity index is 172. The second-order valence-corrected chi connectivity index (χ2v) is 2.02. The zero-order chi connectivity index (χ0) is 7.82. The molecule has 0 saturated carbocycles. The molecule has 0 saturated heterocycles. The van der Waals surface area contributed by atoms with Crippen LogP contribution in [0.4, 0.5) is 0 Å². The van der Waals surface area contributed by atoms with E-state index in [1.807, 2.05) is 6.07 Å². The van der Waals surface area contributed by atoms with Crippen LogP contribution in [0.1, 0.15) is 20.3 Å². The Balaban J connectivity index is 3.62. The van der Waals surface area contributed by atoms with Gasteiger partial charge < -0.3 is 0 Å². The summed E-state index contributed by atoms with van der Waals surface area (Å²) in [5.74, 6) is 0. The fourth-order valence-corrected chi connectivity index (χ4v) is 0.405. The first-order valence-electron chi connectivity index (χ1n) is 3.38. The van der Waals surface area contributed by atoms with E-state index in [0.717, 1.165) is 13.0 Å². The van der Waals surface area contributed by atoms with Crippen LogP contribution in [0.5, 0.6) is 0 Å². The summed E-state index contributed by atoms with van der Waals surface area (Å²) in [6, 6.07) is 2.01. The van der Waals surface area contributed by atoms with E-state index in [9.17, 15) is 0 Å². The molecule has 2 nitrogen and oxygen atoms in total. The van der Waals surface area contributed by atoms with Gasteiger partial charge in [0.25, 0.3) is 0 Å². The Morgan fingerprint density at radius 3 is 2.90 bits per heavy atom. The maximum atomic E-state index is 8.31. The topological polar surface area (TPSA) is 36.1 Å². The molecule has 0 aromatic carbocycles. The van der Waals surface area contributed by atoms with Gasteiger partial charge in [0.15, 0.2) is 0 Å². The van der Waals surface area contributed by atoms with Crippen LogP contribution in [0.15, 0.2) is 16.6 Å². The molecule has 0 N–H and O–H groups in total. The maximum Gasteiger partial charge on any atom is 0.0944 e. The number of allylic oxidation sites excluding steroid dienone is 2. The van der Waals surface area contributed by atoms with Crippen molar-refractivity contribution in [2.75, 3.05) is 6.54 Å². The summed E-state index contributed by atoms with van der Waals surface area (Å²) >= 11 is 0. The molecule has 0 bridgehead atoms.